The first-order chi connectivity index (χ1) is 11.1. The molecule has 0 aliphatic carbocycles. The van der Waals surface area contributed by atoms with Gasteiger partial charge in [-0.05, 0) is 36.4 Å². The molecular formula is C17H18ClNO4. The van der Waals surface area contributed by atoms with Gasteiger partial charge in [0.05, 0.1) is 19.1 Å². The number of hydrogen-bond donors (Lipinski definition) is 2. The number of aliphatic hydroxyl groups is 1. The van der Waals surface area contributed by atoms with Gasteiger partial charge < -0.3 is 19.9 Å². The van der Waals surface area contributed by atoms with Crippen molar-refractivity contribution in [2.45, 2.75) is 6.10 Å². The summed E-state index contributed by atoms with van der Waals surface area (Å²) in [5.41, 5.74) is 1.20. The number of nitrogens with one attached hydrogen (secondary N) is 1. The molecule has 2 N–H and O–H groups in total. The van der Waals surface area contributed by atoms with Crippen molar-refractivity contribution < 1.29 is 19.4 Å². The van der Waals surface area contributed by atoms with Crippen LogP contribution in [0, 0.1) is 0 Å². The van der Waals surface area contributed by atoms with Gasteiger partial charge in [0.1, 0.15) is 17.1 Å². The average Bonchev–Trinajstić information content (AvgIpc) is 2.60. The molecule has 2 rings (SSSR count). The SMILES string of the molecule is COC(=O)c1ccccc1Oc1ccc(NCC(O)CCl)cc1. The Morgan fingerprint density at radius 3 is 2.57 bits per heavy atom. The predicted molar refractivity (Wildman–Crippen MR) is 89.5 cm³/mol. The van der Waals surface area contributed by atoms with Gasteiger partial charge in [-0.15, -0.1) is 11.6 Å². The third-order valence-corrected chi connectivity index (χ3v) is 3.45. The molecule has 2 aromatic rings. The number of alkyl halides is 1. The van der Waals surface area contributed by atoms with Crippen LogP contribution in [0.1, 0.15) is 10.4 Å². The summed E-state index contributed by atoms with van der Waals surface area (Å²) in [6.07, 6.45) is -0.598. The van der Waals surface area contributed by atoms with Crippen LogP contribution in [0.4, 0.5) is 5.69 Å². The Labute approximate surface area is 139 Å². The molecule has 2 aromatic carbocycles. The summed E-state index contributed by atoms with van der Waals surface area (Å²) >= 11 is 5.54. The summed E-state index contributed by atoms with van der Waals surface area (Å²) in [4.78, 5) is 11.7. The highest BCUT2D eigenvalue weighted by Gasteiger charge is 2.12. The van der Waals surface area contributed by atoms with Crippen LogP contribution in [0.25, 0.3) is 0 Å². The van der Waals surface area contributed by atoms with Gasteiger partial charge in [0.25, 0.3) is 0 Å². The van der Waals surface area contributed by atoms with E-state index in [1.165, 1.54) is 7.11 Å². The molecule has 0 aliphatic heterocycles. The van der Waals surface area contributed by atoms with Gasteiger partial charge in [-0.3, -0.25) is 0 Å². The van der Waals surface area contributed by atoms with Crippen LogP contribution in [-0.2, 0) is 4.74 Å². The lowest BCUT2D eigenvalue weighted by Crippen LogP contribution is -2.20. The van der Waals surface area contributed by atoms with Gasteiger partial charge in [0.15, 0.2) is 0 Å². The summed E-state index contributed by atoms with van der Waals surface area (Å²) < 4.78 is 10.5. The Morgan fingerprint density at radius 1 is 1.22 bits per heavy atom. The van der Waals surface area contributed by atoms with E-state index >= 15 is 0 Å². The molecule has 6 heteroatoms. The van der Waals surface area contributed by atoms with Crippen molar-refractivity contribution in [2.24, 2.45) is 0 Å². The Kier molecular flexibility index (Phi) is 6.26. The average molecular weight is 336 g/mol. The summed E-state index contributed by atoms with van der Waals surface area (Å²) in [6.45, 7) is 0.370. The van der Waals surface area contributed by atoms with E-state index in [1.54, 1.807) is 36.4 Å². The Morgan fingerprint density at radius 2 is 1.91 bits per heavy atom. The highest BCUT2D eigenvalue weighted by atomic mass is 35.5. The van der Waals surface area contributed by atoms with Gasteiger partial charge in [-0.1, -0.05) is 12.1 Å². The number of esters is 1. The van der Waals surface area contributed by atoms with Crippen LogP contribution < -0.4 is 10.1 Å². The lowest BCUT2D eigenvalue weighted by atomic mass is 10.2. The third kappa shape index (κ3) is 4.87. The zero-order valence-electron chi connectivity index (χ0n) is 12.7. The number of methoxy groups -OCH3 is 1. The van der Waals surface area contributed by atoms with E-state index in [9.17, 15) is 9.90 Å². The summed E-state index contributed by atoms with van der Waals surface area (Å²) in [5, 5.41) is 12.5. The number of aliphatic hydroxyl groups excluding tert-OH is 1. The molecule has 0 spiro atoms. The quantitative estimate of drug-likeness (QED) is 0.600. The monoisotopic (exact) mass is 335 g/mol. The molecule has 0 radical (unpaired) electrons. The highest BCUT2D eigenvalue weighted by Crippen LogP contribution is 2.26. The van der Waals surface area contributed by atoms with E-state index < -0.39 is 12.1 Å². The van der Waals surface area contributed by atoms with Gasteiger partial charge >= 0.3 is 5.97 Å². The number of carbonyl (C=O) groups excluding carboxylic acids is 1. The zero-order chi connectivity index (χ0) is 16.7. The molecule has 5 nitrogen and oxygen atoms in total. The minimum atomic E-state index is -0.598. The molecule has 0 aliphatic rings. The van der Waals surface area contributed by atoms with E-state index in [2.05, 4.69) is 5.32 Å². The molecule has 1 unspecified atom stereocenters. The fourth-order valence-corrected chi connectivity index (χ4v) is 2.00. The lowest BCUT2D eigenvalue weighted by molar-refractivity contribution is 0.0598. The van der Waals surface area contributed by atoms with E-state index in [1.807, 2.05) is 12.1 Å². The minimum Gasteiger partial charge on any atom is -0.465 e. The molecule has 0 bridgehead atoms. The van der Waals surface area contributed by atoms with Gasteiger partial charge in [0, 0.05) is 12.2 Å². The number of anilines is 1. The van der Waals surface area contributed by atoms with Gasteiger partial charge in [0.2, 0.25) is 0 Å². The standard InChI is InChI=1S/C17H18ClNO4/c1-22-17(21)15-4-2-3-5-16(15)23-14-8-6-12(7-9-14)19-11-13(20)10-18/h2-9,13,19-20H,10-11H2,1H3. The fourth-order valence-electron chi connectivity index (χ4n) is 1.89. The maximum atomic E-state index is 11.7. The van der Waals surface area contributed by atoms with Crippen LogP contribution in [0.3, 0.4) is 0 Å². The van der Waals surface area contributed by atoms with E-state index in [4.69, 9.17) is 21.1 Å². The van der Waals surface area contributed by atoms with Crippen molar-refractivity contribution in [1.82, 2.24) is 0 Å². The van der Waals surface area contributed by atoms with E-state index in [-0.39, 0.29) is 5.88 Å². The second-order valence-electron chi connectivity index (χ2n) is 4.80. The Balaban J connectivity index is 2.05. The van der Waals surface area contributed by atoms with Gasteiger partial charge in [-0.2, -0.15) is 0 Å². The van der Waals surface area contributed by atoms with Crippen LogP contribution in [0.2, 0.25) is 0 Å². The summed E-state index contributed by atoms with van der Waals surface area (Å²) in [5.74, 6) is 0.745. The van der Waals surface area contributed by atoms with Crippen LogP contribution >= 0.6 is 11.6 Å². The van der Waals surface area contributed by atoms with Crippen molar-refractivity contribution >= 4 is 23.3 Å². The van der Waals surface area contributed by atoms with E-state index in [0.29, 0.717) is 23.6 Å². The number of ether oxygens (including phenoxy) is 2. The summed E-state index contributed by atoms with van der Waals surface area (Å²) in [7, 11) is 1.33. The number of halogens is 1. The first-order valence-electron chi connectivity index (χ1n) is 7.07. The number of para-hydroxylation sites is 1. The maximum absolute atomic E-state index is 11.7. The maximum Gasteiger partial charge on any atom is 0.341 e. The Bertz CT molecular complexity index is 645. The second kappa shape index (κ2) is 8.41. The molecule has 0 aromatic heterocycles. The van der Waals surface area contributed by atoms with Crippen molar-refractivity contribution in [3.05, 3.63) is 54.1 Å². The fraction of sp³-hybridized carbons (Fsp3) is 0.235. The smallest absolute Gasteiger partial charge is 0.341 e. The van der Waals surface area contributed by atoms with Gasteiger partial charge in [-0.25, -0.2) is 4.79 Å². The first-order valence-corrected chi connectivity index (χ1v) is 7.60. The molecule has 0 fully saturated rings. The number of hydrogen-bond acceptors (Lipinski definition) is 5. The molecule has 0 amide bonds. The summed E-state index contributed by atoms with van der Waals surface area (Å²) in [6, 6.07) is 14.0. The normalized spacial score (nSPS) is 11.6. The molecule has 0 saturated carbocycles. The highest BCUT2D eigenvalue weighted by molar-refractivity contribution is 6.18. The second-order valence-corrected chi connectivity index (χ2v) is 5.11. The van der Waals surface area contributed by atoms with Crippen molar-refractivity contribution in [1.29, 1.82) is 0 Å². The van der Waals surface area contributed by atoms with Crippen LogP contribution in [0.15, 0.2) is 48.5 Å². The Hall–Kier alpha value is -2.24. The van der Waals surface area contributed by atoms with Crippen molar-refractivity contribution in [3.8, 4) is 11.5 Å². The van der Waals surface area contributed by atoms with Crippen LogP contribution in [0.5, 0.6) is 11.5 Å². The number of benzene rings is 2. The molecule has 0 heterocycles. The van der Waals surface area contributed by atoms with Crippen LogP contribution in [-0.4, -0.2) is 36.7 Å². The van der Waals surface area contributed by atoms with Crippen molar-refractivity contribution in [2.75, 3.05) is 24.9 Å². The zero-order valence-corrected chi connectivity index (χ0v) is 13.4. The largest absolute Gasteiger partial charge is 0.465 e. The predicted octanol–water partition coefficient (Wildman–Crippen LogP) is 3.28. The molecule has 1 atom stereocenters. The molecular weight excluding hydrogens is 318 g/mol. The van der Waals surface area contributed by atoms with E-state index in [0.717, 1.165) is 5.69 Å². The molecule has 122 valence electrons. The number of rotatable bonds is 7. The lowest BCUT2D eigenvalue weighted by Gasteiger charge is -2.12. The first kappa shape index (κ1) is 17.1. The number of carbonyl (C=O) groups is 1. The molecule has 23 heavy (non-hydrogen) atoms. The minimum absolute atomic E-state index is 0.179. The van der Waals surface area contributed by atoms with Crippen molar-refractivity contribution in [3.63, 3.8) is 0 Å². The topological polar surface area (TPSA) is 67.8 Å². The molecule has 0 saturated heterocycles. The third-order valence-electron chi connectivity index (χ3n) is 3.09.